The van der Waals surface area contributed by atoms with Gasteiger partial charge in [-0.05, 0) is 55.9 Å². The van der Waals surface area contributed by atoms with E-state index in [1.807, 2.05) is 55.5 Å². The molecular weight excluding hydrogens is 542 g/mol. The number of piperazine rings is 1. The van der Waals surface area contributed by atoms with Crippen molar-refractivity contribution in [3.05, 3.63) is 100.0 Å². The van der Waals surface area contributed by atoms with Gasteiger partial charge in [-0.15, -0.1) is 0 Å². The van der Waals surface area contributed by atoms with Crippen LogP contribution in [0.15, 0.2) is 82.5 Å². The van der Waals surface area contributed by atoms with Gasteiger partial charge in [0.05, 0.1) is 18.7 Å². The number of methoxy groups -OCH3 is 1. The van der Waals surface area contributed by atoms with Crippen molar-refractivity contribution >= 4 is 45.6 Å². The van der Waals surface area contributed by atoms with E-state index in [9.17, 15) is 14.7 Å². The molecule has 0 spiro atoms. The number of hydrogen-bond donors (Lipinski definition) is 1. The molecule has 2 aliphatic heterocycles. The molecule has 1 atom stereocenters. The van der Waals surface area contributed by atoms with Crippen molar-refractivity contribution in [1.82, 2.24) is 4.90 Å². The number of carbonyl (C=O) groups excluding carboxylic acids is 2. The first-order valence-corrected chi connectivity index (χ1v) is 13.8. The predicted octanol–water partition coefficient (Wildman–Crippen LogP) is 5.94. The normalized spacial score (nSPS) is 18.0. The van der Waals surface area contributed by atoms with E-state index in [0.717, 1.165) is 37.4 Å². The molecule has 1 saturated heterocycles. The van der Waals surface area contributed by atoms with E-state index in [2.05, 4.69) is 16.8 Å². The number of benzene rings is 3. The SMILES string of the molecule is COc1cc(Cl)cc2cc(C(=O)C3=C(O)C(=O)N(c4ccc(N5CCN(C)CC5)cc4)C3c3cccc(C)c3)oc12. The quantitative estimate of drug-likeness (QED) is 0.287. The van der Waals surface area contributed by atoms with Gasteiger partial charge in [-0.3, -0.25) is 14.5 Å². The van der Waals surface area contributed by atoms with Gasteiger partial charge in [0.15, 0.2) is 22.9 Å². The molecule has 1 N–H and O–H groups in total. The van der Waals surface area contributed by atoms with E-state index in [1.54, 1.807) is 18.2 Å². The molecule has 210 valence electrons. The number of aliphatic hydroxyl groups is 1. The van der Waals surface area contributed by atoms with Crippen molar-refractivity contribution in [2.45, 2.75) is 13.0 Å². The number of fused-ring (bicyclic) bond motifs is 1. The Kier molecular flexibility index (Phi) is 6.97. The van der Waals surface area contributed by atoms with E-state index < -0.39 is 23.5 Å². The van der Waals surface area contributed by atoms with Gasteiger partial charge in [0.25, 0.3) is 5.91 Å². The van der Waals surface area contributed by atoms with E-state index in [-0.39, 0.29) is 11.3 Å². The Morgan fingerprint density at radius 1 is 1.00 bits per heavy atom. The van der Waals surface area contributed by atoms with Gasteiger partial charge < -0.3 is 24.1 Å². The predicted molar refractivity (Wildman–Crippen MR) is 159 cm³/mol. The third-order valence-electron chi connectivity index (χ3n) is 7.80. The Labute approximate surface area is 243 Å². The topological polar surface area (TPSA) is 86.5 Å². The standard InChI is InChI=1S/C32H30ClN3O5/c1-19-5-4-6-20(15-19)28-27(29(37)25-17-21-16-22(33)18-26(40-3)31(21)41-25)30(38)32(39)36(28)24-9-7-23(8-10-24)35-13-11-34(2)12-14-35/h4-10,15-18,28,38H,11-14H2,1-3H3. The molecule has 1 amide bonds. The first kappa shape index (κ1) is 26.9. The van der Waals surface area contributed by atoms with Crippen LogP contribution in [-0.2, 0) is 4.79 Å². The molecule has 0 aliphatic carbocycles. The highest BCUT2D eigenvalue weighted by Gasteiger charge is 2.45. The van der Waals surface area contributed by atoms with Crippen molar-refractivity contribution in [2.24, 2.45) is 0 Å². The number of ether oxygens (including phenoxy) is 1. The Balaban J connectivity index is 1.41. The molecule has 0 saturated carbocycles. The summed E-state index contributed by atoms with van der Waals surface area (Å²) < 4.78 is 11.3. The number of amides is 1. The van der Waals surface area contributed by atoms with E-state index in [4.69, 9.17) is 20.8 Å². The van der Waals surface area contributed by atoms with Crippen LogP contribution >= 0.6 is 11.6 Å². The zero-order valence-electron chi connectivity index (χ0n) is 23.1. The second kappa shape index (κ2) is 10.6. The number of nitrogens with zero attached hydrogens (tertiary/aromatic N) is 3. The summed E-state index contributed by atoms with van der Waals surface area (Å²) in [6.07, 6.45) is 0. The number of aryl methyl sites for hydroxylation is 1. The lowest BCUT2D eigenvalue weighted by Gasteiger charge is -2.34. The second-order valence-corrected chi connectivity index (χ2v) is 11.0. The molecule has 0 bridgehead atoms. The van der Waals surface area contributed by atoms with Crippen LogP contribution in [0, 0.1) is 6.92 Å². The fourth-order valence-corrected chi connectivity index (χ4v) is 5.85. The Morgan fingerprint density at radius 3 is 2.39 bits per heavy atom. The van der Waals surface area contributed by atoms with Crippen LogP contribution in [0.1, 0.15) is 27.7 Å². The summed E-state index contributed by atoms with van der Waals surface area (Å²) >= 11 is 6.22. The fourth-order valence-electron chi connectivity index (χ4n) is 5.63. The molecule has 41 heavy (non-hydrogen) atoms. The van der Waals surface area contributed by atoms with Crippen LogP contribution in [0.25, 0.3) is 11.0 Å². The van der Waals surface area contributed by atoms with Gasteiger partial charge in [0.2, 0.25) is 5.78 Å². The summed E-state index contributed by atoms with van der Waals surface area (Å²) in [5.74, 6) is -1.49. The van der Waals surface area contributed by atoms with Gasteiger partial charge in [-0.25, -0.2) is 0 Å². The monoisotopic (exact) mass is 571 g/mol. The van der Waals surface area contributed by atoms with Crippen molar-refractivity contribution < 1.29 is 23.8 Å². The second-order valence-electron chi connectivity index (χ2n) is 10.5. The van der Waals surface area contributed by atoms with Gasteiger partial charge in [-0.1, -0.05) is 41.4 Å². The lowest BCUT2D eigenvalue weighted by molar-refractivity contribution is -0.117. The number of likely N-dealkylation sites (N-methyl/N-ethyl adjacent to an activating group) is 1. The third kappa shape index (κ3) is 4.83. The van der Waals surface area contributed by atoms with E-state index in [1.165, 1.54) is 12.0 Å². The summed E-state index contributed by atoms with van der Waals surface area (Å²) in [6, 6.07) is 19.2. The highest BCUT2D eigenvalue weighted by atomic mass is 35.5. The van der Waals surface area contributed by atoms with Crippen LogP contribution in [0.5, 0.6) is 5.75 Å². The molecule has 4 aromatic rings. The minimum atomic E-state index is -0.858. The van der Waals surface area contributed by atoms with Gasteiger partial charge >= 0.3 is 0 Å². The molecule has 9 heteroatoms. The lowest BCUT2D eigenvalue weighted by Crippen LogP contribution is -2.44. The summed E-state index contributed by atoms with van der Waals surface area (Å²) in [5, 5.41) is 12.2. The Morgan fingerprint density at radius 2 is 1.71 bits per heavy atom. The lowest BCUT2D eigenvalue weighted by atomic mass is 9.94. The summed E-state index contributed by atoms with van der Waals surface area (Å²) in [7, 11) is 3.60. The van der Waals surface area contributed by atoms with Gasteiger partial charge in [0, 0.05) is 54.0 Å². The highest BCUT2D eigenvalue weighted by molar-refractivity contribution is 6.31. The van der Waals surface area contributed by atoms with E-state index >= 15 is 0 Å². The van der Waals surface area contributed by atoms with Crippen LogP contribution in [-0.4, -0.2) is 62.0 Å². The minimum absolute atomic E-state index is 0.0279. The highest BCUT2D eigenvalue weighted by Crippen LogP contribution is 2.43. The van der Waals surface area contributed by atoms with Crippen LogP contribution in [0.2, 0.25) is 5.02 Å². The molecule has 3 aromatic carbocycles. The number of anilines is 2. The number of halogens is 1. The van der Waals surface area contributed by atoms with E-state index in [0.29, 0.717) is 33.0 Å². The maximum absolute atomic E-state index is 14.0. The molecule has 1 fully saturated rings. The number of ketones is 1. The summed E-state index contributed by atoms with van der Waals surface area (Å²) in [5.41, 5.74) is 3.60. The van der Waals surface area contributed by atoms with Crippen LogP contribution in [0.4, 0.5) is 11.4 Å². The molecule has 1 unspecified atom stereocenters. The molecule has 3 heterocycles. The molecule has 6 rings (SSSR count). The zero-order chi connectivity index (χ0) is 28.8. The zero-order valence-corrected chi connectivity index (χ0v) is 23.8. The number of furan rings is 1. The van der Waals surface area contributed by atoms with Crippen molar-refractivity contribution in [1.29, 1.82) is 0 Å². The summed E-state index contributed by atoms with van der Waals surface area (Å²) in [6.45, 7) is 5.73. The average molecular weight is 572 g/mol. The smallest absolute Gasteiger partial charge is 0.294 e. The Hall–Kier alpha value is -4.27. The number of aliphatic hydroxyl groups excluding tert-OH is 1. The molecule has 0 radical (unpaired) electrons. The number of Topliss-reactive ketones (excluding diaryl/α,β-unsaturated/α-hetero) is 1. The molecule has 8 nitrogen and oxygen atoms in total. The average Bonchev–Trinajstić information content (AvgIpc) is 3.51. The van der Waals surface area contributed by atoms with Crippen molar-refractivity contribution in [2.75, 3.05) is 50.1 Å². The number of carbonyl (C=O) groups is 2. The Bertz CT molecular complexity index is 1690. The molecule has 2 aliphatic rings. The number of hydrogen-bond acceptors (Lipinski definition) is 7. The number of rotatable bonds is 6. The van der Waals surface area contributed by atoms with Crippen molar-refractivity contribution in [3.63, 3.8) is 0 Å². The van der Waals surface area contributed by atoms with Crippen LogP contribution < -0.4 is 14.5 Å². The fraction of sp³-hybridized carbons (Fsp3) is 0.250. The largest absolute Gasteiger partial charge is 0.503 e. The third-order valence-corrected chi connectivity index (χ3v) is 8.02. The maximum atomic E-state index is 14.0. The minimum Gasteiger partial charge on any atom is -0.503 e. The van der Waals surface area contributed by atoms with Crippen LogP contribution in [0.3, 0.4) is 0 Å². The maximum Gasteiger partial charge on any atom is 0.294 e. The van der Waals surface area contributed by atoms with Crippen molar-refractivity contribution in [3.8, 4) is 5.75 Å². The first-order chi connectivity index (χ1) is 19.7. The molecular formula is C32H30ClN3O5. The summed E-state index contributed by atoms with van der Waals surface area (Å²) in [4.78, 5) is 33.7. The van der Waals surface area contributed by atoms with Gasteiger partial charge in [-0.2, -0.15) is 0 Å². The first-order valence-electron chi connectivity index (χ1n) is 13.4. The molecule has 1 aromatic heterocycles. The van der Waals surface area contributed by atoms with Gasteiger partial charge in [0.1, 0.15) is 0 Å².